The molecule has 1 heterocycles. The second-order valence-electron chi connectivity index (χ2n) is 7.21. The van der Waals surface area contributed by atoms with E-state index in [0.717, 1.165) is 11.3 Å². The Labute approximate surface area is 210 Å². The van der Waals surface area contributed by atoms with Crippen LogP contribution in [0.2, 0.25) is 0 Å². The van der Waals surface area contributed by atoms with Crippen LogP contribution in [0.3, 0.4) is 0 Å². The fraction of sp³-hybridized carbons (Fsp3) is 0.0417. The van der Waals surface area contributed by atoms with Crippen molar-refractivity contribution in [3.05, 3.63) is 101 Å². The Hall–Kier alpha value is -4.42. The minimum absolute atomic E-state index is 0.0551. The third-order valence-electron chi connectivity index (χ3n) is 4.56. The highest BCUT2D eigenvalue weighted by molar-refractivity contribution is 7.87. The third kappa shape index (κ3) is 6.81. The zero-order valence-corrected chi connectivity index (χ0v) is 20.2. The van der Waals surface area contributed by atoms with Crippen molar-refractivity contribution >= 4 is 44.6 Å². The van der Waals surface area contributed by atoms with Gasteiger partial charge in [0.15, 0.2) is 0 Å². The molecule has 0 aliphatic heterocycles. The lowest BCUT2D eigenvalue weighted by Crippen LogP contribution is -2.19. The quantitative estimate of drug-likeness (QED) is 0.196. The second-order valence-corrected chi connectivity index (χ2v) is 9.82. The first kappa shape index (κ1) is 24.7. The number of hydrazone groups is 1. The van der Waals surface area contributed by atoms with Crippen LogP contribution in [0.1, 0.15) is 20.9 Å². The van der Waals surface area contributed by atoms with Gasteiger partial charge in [-0.05, 0) is 54.1 Å². The van der Waals surface area contributed by atoms with Gasteiger partial charge in [0.2, 0.25) is 11.0 Å². The number of nitrogens with zero attached hydrogens (tertiary/aromatic N) is 3. The van der Waals surface area contributed by atoms with Gasteiger partial charge < -0.3 is 4.18 Å². The molecule has 3 aromatic carbocycles. The summed E-state index contributed by atoms with van der Waals surface area (Å²) < 4.78 is 29.7. The van der Waals surface area contributed by atoms with Crippen LogP contribution in [-0.4, -0.2) is 36.6 Å². The molecule has 2 N–H and O–H groups in total. The van der Waals surface area contributed by atoms with Gasteiger partial charge in [-0.3, -0.25) is 14.9 Å². The Kier molecular flexibility index (Phi) is 7.78. The Balaban J connectivity index is 1.26. The summed E-state index contributed by atoms with van der Waals surface area (Å²) in [5.41, 5.74) is 3.48. The summed E-state index contributed by atoms with van der Waals surface area (Å²) in [6, 6.07) is 22.6. The topological polar surface area (TPSA) is 140 Å². The van der Waals surface area contributed by atoms with Crippen molar-refractivity contribution in [1.82, 2.24) is 15.6 Å². The highest BCUT2D eigenvalue weighted by atomic mass is 32.2. The number of hydrogen-bond acceptors (Lipinski definition) is 9. The molecule has 182 valence electrons. The van der Waals surface area contributed by atoms with E-state index >= 15 is 0 Å². The summed E-state index contributed by atoms with van der Waals surface area (Å²) in [6.07, 6.45) is 1.33. The van der Waals surface area contributed by atoms with Crippen molar-refractivity contribution in [2.45, 2.75) is 11.3 Å². The molecule has 4 aromatic rings. The molecule has 0 saturated carbocycles. The fourth-order valence-electron chi connectivity index (χ4n) is 2.86. The molecule has 0 bridgehead atoms. The van der Waals surface area contributed by atoms with Crippen molar-refractivity contribution in [1.29, 1.82) is 0 Å². The molecule has 0 aliphatic carbocycles. The molecule has 0 unspecified atom stereocenters. The summed E-state index contributed by atoms with van der Waals surface area (Å²) >= 11 is 1.09. The molecule has 36 heavy (non-hydrogen) atoms. The number of rotatable bonds is 9. The Morgan fingerprint density at radius 3 is 2.28 bits per heavy atom. The number of nitrogens with one attached hydrogen (secondary N) is 2. The Morgan fingerprint density at radius 1 is 0.917 bits per heavy atom. The molecule has 0 saturated heterocycles. The van der Waals surface area contributed by atoms with E-state index in [0.29, 0.717) is 16.1 Å². The van der Waals surface area contributed by atoms with E-state index < -0.39 is 16.0 Å². The first-order valence-corrected chi connectivity index (χ1v) is 12.7. The van der Waals surface area contributed by atoms with Crippen molar-refractivity contribution in [2.75, 3.05) is 5.32 Å². The highest BCUT2D eigenvalue weighted by Gasteiger charge is 2.16. The van der Waals surface area contributed by atoms with Crippen molar-refractivity contribution < 1.29 is 22.2 Å². The normalized spacial score (nSPS) is 11.2. The van der Waals surface area contributed by atoms with Gasteiger partial charge in [-0.25, -0.2) is 5.43 Å². The summed E-state index contributed by atoms with van der Waals surface area (Å²) in [7, 11) is -3.93. The molecule has 10 nitrogen and oxygen atoms in total. The van der Waals surface area contributed by atoms with Crippen LogP contribution in [0.25, 0.3) is 0 Å². The van der Waals surface area contributed by atoms with Crippen LogP contribution in [0.15, 0.2) is 94.9 Å². The molecule has 12 heteroatoms. The lowest BCUT2D eigenvalue weighted by atomic mass is 10.2. The molecule has 1 aromatic heterocycles. The highest BCUT2D eigenvalue weighted by Crippen LogP contribution is 2.19. The number of aromatic nitrogens is 2. The number of carbonyl (C=O) groups is 2. The second kappa shape index (κ2) is 11.3. The van der Waals surface area contributed by atoms with Crippen molar-refractivity contribution in [2.24, 2.45) is 5.10 Å². The van der Waals surface area contributed by atoms with E-state index in [4.69, 9.17) is 4.18 Å². The zero-order valence-electron chi connectivity index (χ0n) is 18.6. The van der Waals surface area contributed by atoms with E-state index in [1.54, 1.807) is 54.6 Å². The predicted octanol–water partition coefficient (Wildman–Crippen LogP) is 3.25. The van der Waals surface area contributed by atoms with Gasteiger partial charge in [0, 0.05) is 5.56 Å². The smallest absolute Gasteiger partial charge is 0.339 e. The molecular formula is C24H19N5O5S2. The predicted molar refractivity (Wildman–Crippen MR) is 134 cm³/mol. The zero-order chi connectivity index (χ0) is 25.4. The molecule has 0 spiro atoms. The molecule has 4 rings (SSSR count). The van der Waals surface area contributed by atoms with E-state index in [-0.39, 0.29) is 28.1 Å². The van der Waals surface area contributed by atoms with Crippen LogP contribution in [0.4, 0.5) is 5.13 Å². The number of hydrogen-bond donors (Lipinski definition) is 2. The van der Waals surface area contributed by atoms with Gasteiger partial charge >= 0.3 is 10.1 Å². The largest absolute Gasteiger partial charge is 0.379 e. The standard InChI is InChI=1S/C24H19N5O5S2/c30-21(15-22-28-29-24(35-22)26-23(31)18-7-3-1-4-8-18)27-25-16-17-11-13-19(14-12-17)34-36(32,33)20-9-5-2-6-10-20/h1-14,16H,15H2,(H,27,30)(H,26,29,31). The maximum Gasteiger partial charge on any atom is 0.339 e. The maximum absolute atomic E-state index is 12.3. The Morgan fingerprint density at radius 2 is 1.58 bits per heavy atom. The SMILES string of the molecule is O=C(Cc1nnc(NC(=O)c2ccccc2)s1)NN=Cc1ccc(OS(=O)(=O)c2ccccc2)cc1. The Bertz CT molecular complexity index is 1470. The molecule has 2 amide bonds. The van der Waals surface area contributed by atoms with E-state index in [9.17, 15) is 18.0 Å². The van der Waals surface area contributed by atoms with Crippen LogP contribution in [0.5, 0.6) is 5.75 Å². The average molecular weight is 522 g/mol. The average Bonchev–Trinajstić information content (AvgIpc) is 3.32. The summed E-state index contributed by atoms with van der Waals surface area (Å²) in [5.74, 6) is -0.592. The van der Waals surface area contributed by atoms with Crippen LogP contribution >= 0.6 is 11.3 Å². The monoisotopic (exact) mass is 521 g/mol. The molecule has 0 radical (unpaired) electrons. The number of carbonyl (C=O) groups excluding carboxylic acids is 2. The summed E-state index contributed by atoms with van der Waals surface area (Å²) in [6.45, 7) is 0. The lowest BCUT2D eigenvalue weighted by Gasteiger charge is -2.06. The van der Waals surface area contributed by atoms with Crippen LogP contribution in [0, 0.1) is 0 Å². The van der Waals surface area contributed by atoms with Gasteiger partial charge in [-0.2, -0.15) is 13.5 Å². The minimum atomic E-state index is -3.93. The molecule has 0 atom stereocenters. The first-order chi connectivity index (χ1) is 17.4. The minimum Gasteiger partial charge on any atom is -0.379 e. The lowest BCUT2D eigenvalue weighted by molar-refractivity contribution is -0.120. The summed E-state index contributed by atoms with van der Waals surface area (Å²) in [4.78, 5) is 24.4. The van der Waals surface area contributed by atoms with Gasteiger partial charge in [-0.1, -0.05) is 47.7 Å². The van der Waals surface area contributed by atoms with Crippen molar-refractivity contribution in [3.63, 3.8) is 0 Å². The maximum atomic E-state index is 12.3. The molecule has 0 aliphatic rings. The van der Waals surface area contributed by atoms with Crippen molar-refractivity contribution in [3.8, 4) is 5.75 Å². The molecular weight excluding hydrogens is 502 g/mol. The number of amides is 2. The van der Waals surface area contributed by atoms with E-state index in [1.165, 1.54) is 30.5 Å². The molecule has 0 fully saturated rings. The van der Waals surface area contributed by atoms with Gasteiger partial charge in [0.25, 0.3) is 5.91 Å². The van der Waals surface area contributed by atoms with Crippen LogP contribution < -0.4 is 14.9 Å². The fourth-order valence-corrected chi connectivity index (χ4v) is 4.55. The van der Waals surface area contributed by atoms with Gasteiger partial charge in [0.1, 0.15) is 15.7 Å². The number of anilines is 1. The third-order valence-corrected chi connectivity index (χ3v) is 6.66. The van der Waals surface area contributed by atoms with E-state index in [1.807, 2.05) is 6.07 Å². The van der Waals surface area contributed by atoms with Gasteiger partial charge in [0.05, 0.1) is 12.6 Å². The number of benzene rings is 3. The summed E-state index contributed by atoms with van der Waals surface area (Å²) in [5, 5.41) is 15.0. The van der Waals surface area contributed by atoms with E-state index in [2.05, 4.69) is 26.0 Å². The van der Waals surface area contributed by atoms with Crippen LogP contribution in [-0.2, 0) is 21.3 Å². The van der Waals surface area contributed by atoms with Gasteiger partial charge in [-0.15, -0.1) is 10.2 Å². The first-order valence-electron chi connectivity index (χ1n) is 10.5.